The van der Waals surface area contributed by atoms with Gasteiger partial charge in [-0.1, -0.05) is 0 Å². The molecule has 2 rings (SSSR count). The molecule has 1 aromatic rings. The van der Waals surface area contributed by atoms with E-state index in [4.69, 9.17) is 4.74 Å². The van der Waals surface area contributed by atoms with E-state index in [2.05, 4.69) is 24.1 Å². The van der Waals surface area contributed by atoms with Gasteiger partial charge in [-0.05, 0) is 6.92 Å². The van der Waals surface area contributed by atoms with Gasteiger partial charge in [0.2, 0.25) is 5.84 Å². The number of hydrogen-bond donors (Lipinski definition) is 2. The number of amidine groups is 1. The Bertz CT molecular complexity index is 635. The Morgan fingerprint density at radius 2 is 2.30 bits per heavy atom. The van der Waals surface area contributed by atoms with Gasteiger partial charge in [0.1, 0.15) is 0 Å². The molecule has 20 heavy (non-hydrogen) atoms. The van der Waals surface area contributed by atoms with Gasteiger partial charge in [0.15, 0.2) is 0 Å². The van der Waals surface area contributed by atoms with Gasteiger partial charge in [0, 0.05) is 17.2 Å². The highest BCUT2D eigenvalue weighted by molar-refractivity contribution is 7.98. The maximum absolute atomic E-state index is 11.2. The van der Waals surface area contributed by atoms with Crippen LogP contribution in [0, 0.1) is 6.92 Å². The van der Waals surface area contributed by atoms with Crippen molar-refractivity contribution in [3.63, 3.8) is 0 Å². The van der Waals surface area contributed by atoms with Crippen LogP contribution in [-0.4, -0.2) is 49.5 Å². The number of nitrogens with one attached hydrogen (secondary N) is 2. The normalized spacial score (nSPS) is 18.9. The van der Waals surface area contributed by atoms with Gasteiger partial charge in [-0.3, -0.25) is 4.99 Å². The number of thioether (sulfide) groups is 1. The van der Waals surface area contributed by atoms with Crippen molar-refractivity contribution in [1.29, 1.82) is 0 Å². The highest BCUT2D eigenvalue weighted by atomic mass is 32.2. The molecule has 8 nitrogen and oxygen atoms in total. The Hall–Kier alpha value is -1.55. The molecule has 0 spiro atoms. The summed E-state index contributed by atoms with van der Waals surface area (Å²) in [4.78, 5) is 11.3. The van der Waals surface area contributed by atoms with Gasteiger partial charge in [0.25, 0.3) is 5.90 Å². The molecule has 0 fully saturated rings. The molecule has 0 radical (unpaired) electrons. The van der Waals surface area contributed by atoms with Crippen LogP contribution >= 0.6 is 11.8 Å². The lowest BCUT2D eigenvalue weighted by Gasteiger charge is -2.01. The van der Waals surface area contributed by atoms with E-state index in [0.717, 1.165) is 22.9 Å². The number of H-pyrrole nitrogens is 1. The summed E-state index contributed by atoms with van der Waals surface area (Å²) in [5.74, 6) is 1.69. The molecule has 1 aromatic heterocycles. The van der Waals surface area contributed by atoms with Crippen molar-refractivity contribution in [2.45, 2.75) is 12.7 Å². The lowest BCUT2D eigenvalue weighted by molar-refractivity contribution is 0.412. The Kier molecular flexibility index (Phi) is 4.65. The first kappa shape index (κ1) is 14.9. The topological polar surface area (TPSA) is 109 Å². The third kappa shape index (κ3) is 3.73. The summed E-state index contributed by atoms with van der Waals surface area (Å²) in [6.45, 7) is 2.44. The largest absolute Gasteiger partial charge is 0.478 e. The minimum absolute atomic E-state index is 0.00172. The lowest BCUT2D eigenvalue weighted by atomic mass is 10.4. The zero-order valence-corrected chi connectivity index (χ0v) is 12.7. The molecule has 0 aromatic carbocycles. The van der Waals surface area contributed by atoms with Crippen molar-refractivity contribution in [3.05, 3.63) is 17.7 Å². The van der Waals surface area contributed by atoms with Crippen LogP contribution in [0.4, 0.5) is 0 Å². The summed E-state index contributed by atoms with van der Waals surface area (Å²) in [5.41, 5.74) is 2.07. The number of ether oxygens (including phenoxy) is 1. The zero-order chi connectivity index (χ0) is 14.6. The van der Waals surface area contributed by atoms with E-state index in [1.807, 2.05) is 6.92 Å². The van der Waals surface area contributed by atoms with Crippen LogP contribution in [-0.2, 0) is 20.7 Å². The van der Waals surface area contributed by atoms with E-state index in [1.54, 1.807) is 18.1 Å². The van der Waals surface area contributed by atoms with E-state index >= 15 is 0 Å². The number of hydrogen-bond acceptors (Lipinski definition) is 6. The molecular weight excluding hydrogens is 302 g/mol. The Labute approximate surface area is 121 Å². The second-order valence-corrected chi connectivity index (χ2v) is 6.38. The number of nitrogens with zero attached hydrogens (tertiary/aromatic N) is 3. The average Bonchev–Trinajstić information content (AvgIpc) is 2.92. The first-order valence-corrected chi connectivity index (χ1v) is 8.39. The number of methoxy groups -OCH3 is 1. The summed E-state index contributed by atoms with van der Waals surface area (Å²) in [6.07, 6.45) is 1.67. The molecule has 0 saturated carbocycles. The van der Waals surface area contributed by atoms with Gasteiger partial charge >= 0.3 is 10.2 Å². The molecular formula is C10H15N5O3S2. The van der Waals surface area contributed by atoms with E-state index in [0.29, 0.717) is 6.54 Å². The SMILES string of the molecule is COC1=NS(=O)(=O)NC1=NCCSCc1nc[nH]c1C. The second-order valence-electron chi connectivity index (χ2n) is 3.93. The van der Waals surface area contributed by atoms with Gasteiger partial charge in [-0.15, -0.1) is 4.40 Å². The number of aromatic nitrogens is 2. The molecule has 1 aliphatic heterocycles. The first-order valence-electron chi connectivity index (χ1n) is 5.80. The molecule has 2 N–H and O–H groups in total. The molecule has 0 atom stereocenters. The minimum Gasteiger partial charge on any atom is -0.478 e. The van der Waals surface area contributed by atoms with E-state index in [9.17, 15) is 8.42 Å². The fourth-order valence-electron chi connectivity index (χ4n) is 1.50. The summed E-state index contributed by atoms with van der Waals surface area (Å²) in [6, 6.07) is 0. The van der Waals surface area contributed by atoms with Crippen molar-refractivity contribution in [2.24, 2.45) is 9.39 Å². The zero-order valence-electron chi connectivity index (χ0n) is 11.1. The lowest BCUT2D eigenvalue weighted by Crippen LogP contribution is -2.27. The van der Waals surface area contributed by atoms with Crippen molar-refractivity contribution in [3.8, 4) is 0 Å². The number of rotatable bonds is 5. The molecule has 2 heterocycles. The summed E-state index contributed by atoms with van der Waals surface area (Å²) < 4.78 is 32.9. The highest BCUT2D eigenvalue weighted by Gasteiger charge is 2.26. The Morgan fingerprint density at radius 1 is 1.50 bits per heavy atom. The van der Waals surface area contributed by atoms with E-state index in [1.165, 1.54) is 7.11 Å². The van der Waals surface area contributed by atoms with Gasteiger partial charge in [-0.25, -0.2) is 9.71 Å². The number of aryl methyl sites for hydroxylation is 1. The Balaban J connectivity index is 1.80. The van der Waals surface area contributed by atoms with Crippen LogP contribution in [0.2, 0.25) is 0 Å². The number of aliphatic imine (C=N–C) groups is 1. The quantitative estimate of drug-likeness (QED) is 0.756. The van der Waals surface area contributed by atoms with Gasteiger partial charge < -0.3 is 9.72 Å². The fourth-order valence-corrected chi connectivity index (χ4v) is 3.17. The summed E-state index contributed by atoms with van der Waals surface area (Å²) in [7, 11) is -2.33. The fraction of sp³-hybridized carbons (Fsp3) is 0.500. The van der Waals surface area contributed by atoms with Gasteiger partial charge in [0.05, 0.1) is 25.7 Å². The number of imidazole rings is 1. The van der Waals surface area contributed by atoms with Crippen molar-refractivity contribution >= 4 is 33.7 Å². The van der Waals surface area contributed by atoms with Crippen LogP contribution in [0.15, 0.2) is 15.7 Å². The molecule has 0 aliphatic carbocycles. The molecule has 10 heteroatoms. The van der Waals surface area contributed by atoms with Crippen LogP contribution in [0.1, 0.15) is 11.4 Å². The number of aromatic amines is 1. The van der Waals surface area contributed by atoms with Gasteiger partial charge in [-0.2, -0.15) is 20.2 Å². The third-order valence-electron chi connectivity index (χ3n) is 2.50. The van der Waals surface area contributed by atoms with E-state index < -0.39 is 10.2 Å². The maximum Gasteiger partial charge on any atom is 0.347 e. The van der Waals surface area contributed by atoms with E-state index in [-0.39, 0.29) is 11.7 Å². The summed E-state index contributed by atoms with van der Waals surface area (Å²) >= 11 is 1.67. The predicted molar refractivity (Wildman–Crippen MR) is 78.3 cm³/mol. The minimum atomic E-state index is -3.68. The first-order chi connectivity index (χ1) is 9.52. The maximum atomic E-state index is 11.2. The average molecular weight is 317 g/mol. The Morgan fingerprint density at radius 3 is 2.95 bits per heavy atom. The molecule has 0 bridgehead atoms. The van der Waals surface area contributed by atoms with Crippen LogP contribution in [0.25, 0.3) is 0 Å². The van der Waals surface area contributed by atoms with Crippen molar-refractivity contribution in [1.82, 2.24) is 14.7 Å². The molecule has 110 valence electrons. The molecule has 1 aliphatic rings. The smallest absolute Gasteiger partial charge is 0.347 e. The van der Waals surface area contributed by atoms with Crippen molar-refractivity contribution in [2.75, 3.05) is 19.4 Å². The summed E-state index contributed by atoms with van der Waals surface area (Å²) in [5, 5.41) is 0. The third-order valence-corrected chi connectivity index (χ3v) is 4.31. The molecule has 0 saturated heterocycles. The predicted octanol–water partition coefficient (Wildman–Crippen LogP) is 0.243. The second kappa shape index (κ2) is 6.27. The van der Waals surface area contributed by atoms with Crippen LogP contribution in [0.5, 0.6) is 0 Å². The highest BCUT2D eigenvalue weighted by Crippen LogP contribution is 2.12. The van der Waals surface area contributed by atoms with Crippen LogP contribution in [0.3, 0.4) is 0 Å². The molecule has 0 unspecified atom stereocenters. The van der Waals surface area contributed by atoms with Crippen molar-refractivity contribution < 1.29 is 13.2 Å². The standard InChI is InChI=1S/C10H15N5O3S2/c1-7-8(13-6-12-7)5-19-4-3-11-9-10(18-2)15-20(16,17)14-9/h6H,3-5H2,1-2H3,(H,11,14)(H,12,13). The monoisotopic (exact) mass is 317 g/mol. The molecule has 0 amide bonds. The van der Waals surface area contributed by atoms with Crippen LogP contribution < -0.4 is 4.72 Å².